The maximum atomic E-state index is 6.74. The molecule has 0 aliphatic carbocycles. The zero-order chi connectivity index (χ0) is 34.7. The van der Waals surface area contributed by atoms with Crippen molar-refractivity contribution in [2.45, 2.75) is 38.9 Å². The average Bonchev–Trinajstić information content (AvgIpc) is 3.64. The number of anilines is 3. The summed E-state index contributed by atoms with van der Waals surface area (Å²) in [5.41, 5.74) is 9.64. The molecule has 0 unspecified atom stereocenters. The summed E-state index contributed by atoms with van der Waals surface area (Å²) in [6.45, 7) is 8.32. The summed E-state index contributed by atoms with van der Waals surface area (Å²) >= 11 is 0. The standard InChI is InChI=1S/C46H38BNO3/c1-45(2)46(3,4)51-47(50-45)35-23-28-40-42(29-35)49-43-30-41(38-17-11-12-18-39(38)44(40)43)48(36-24-19-33(20-25-36)31-13-7-5-8-14-31)37-26-21-34(22-27-37)32-15-9-6-10-16-32/h5-30H,1-4H3. The molecule has 248 valence electrons. The van der Waals surface area contributed by atoms with Gasteiger partial charge in [-0.25, -0.2) is 0 Å². The maximum Gasteiger partial charge on any atom is 0.494 e. The van der Waals surface area contributed by atoms with Crippen LogP contribution in [-0.2, 0) is 9.31 Å². The molecule has 0 N–H and O–H groups in total. The zero-order valence-corrected chi connectivity index (χ0v) is 29.3. The molecule has 0 radical (unpaired) electrons. The molecule has 1 aliphatic heterocycles. The van der Waals surface area contributed by atoms with Gasteiger partial charge in [0.1, 0.15) is 11.2 Å². The van der Waals surface area contributed by atoms with Crippen molar-refractivity contribution in [3.8, 4) is 22.3 Å². The van der Waals surface area contributed by atoms with Gasteiger partial charge in [-0.1, -0.05) is 121 Å². The van der Waals surface area contributed by atoms with Crippen molar-refractivity contribution in [1.82, 2.24) is 0 Å². The molecule has 51 heavy (non-hydrogen) atoms. The minimum atomic E-state index is -0.465. The smallest absolute Gasteiger partial charge is 0.456 e. The van der Waals surface area contributed by atoms with Gasteiger partial charge in [0.05, 0.1) is 16.9 Å². The van der Waals surface area contributed by atoms with E-state index in [9.17, 15) is 0 Å². The van der Waals surface area contributed by atoms with Gasteiger partial charge in [0.25, 0.3) is 0 Å². The monoisotopic (exact) mass is 663 g/mol. The van der Waals surface area contributed by atoms with Gasteiger partial charge in [-0.3, -0.25) is 0 Å². The summed E-state index contributed by atoms with van der Waals surface area (Å²) in [6, 6.07) is 55.8. The number of hydrogen-bond donors (Lipinski definition) is 0. The largest absolute Gasteiger partial charge is 0.494 e. The summed E-state index contributed by atoms with van der Waals surface area (Å²) < 4.78 is 19.5. The third-order valence-electron chi connectivity index (χ3n) is 10.7. The van der Waals surface area contributed by atoms with Gasteiger partial charge in [0, 0.05) is 33.6 Å². The second-order valence-corrected chi connectivity index (χ2v) is 14.4. The minimum Gasteiger partial charge on any atom is -0.456 e. The molecule has 9 rings (SSSR count). The first-order chi connectivity index (χ1) is 24.8. The molecule has 8 aromatic rings. The van der Waals surface area contributed by atoms with Crippen LogP contribution in [0.5, 0.6) is 0 Å². The van der Waals surface area contributed by atoms with Crippen LogP contribution < -0.4 is 10.4 Å². The number of furan rings is 1. The summed E-state index contributed by atoms with van der Waals surface area (Å²) in [5, 5.41) is 4.45. The Hall–Kier alpha value is -5.62. The van der Waals surface area contributed by atoms with Gasteiger partial charge in [-0.05, 0) is 91.1 Å². The number of benzene rings is 7. The molecular formula is C46H38BNO3. The van der Waals surface area contributed by atoms with E-state index in [1.165, 1.54) is 22.3 Å². The molecule has 1 fully saturated rings. The minimum absolute atomic E-state index is 0.423. The van der Waals surface area contributed by atoms with E-state index < -0.39 is 18.3 Å². The molecule has 0 spiro atoms. The van der Waals surface area contributed by atoms with E-state index in [1.54, 1.807) is 0 Å². The topological polar surface area (TPSA) is 34.8 Å². The Morgan fingerprint density at radius 2 is 0.941 bits per heavy atom. The molecule has 7 aromatic carbocycles. The van der Waals surface area contributed by atoms with Gasteiger partial charge in [-0.2, -0.15) is 0 Å². The number of rotatable bonds is 6. The normalized spacial score (nSPS) is 15.2. The fraction of sp³-hybridized carbons (Fsp3) is 0.130. The highest BCUT2D eigenvalue weighted by Crippen LogP contribution is 2.45. The molecule has 0 amide bonds. The Bertz CT molecular complexity index is 2420. The molecule has 0 atom stereocenters. The Morgan fingerprint density at radius 1 is 0.451 bits per heavy atom. The molecule has 2 heterocycles. The van der Waals surface area contributed by atoms with Crippen LogP contribution >= 0.6 is 0 Å². The Labute approximate surface area is 299 Å². The Balaban J connectivity index is 1.21. The quantitative estimate of drug-likeness (QED) is 0.166. The van der Waals surface area contributed by atoms with Crippen LogP contribution in [0.2, 0.25) is 0 Å². The fourth-order valence-electron chi connectivity index (χ4n) is 7.24. The van der Waals surface area contributed by atoms with Crippen LogP contribution in [-0.4, -0.2) is 18.3 Å². The lowest BCUT2D eigenvalue weighted by molar-refractivity contribution is 0.00578. The highest BCUT2D eigenvalue weighted by molar-refractivity contribution is 6.62. The van der Waals surface area contributed by atoms with Crippen molar-refractivity contribution in [2.24, 2.45) is 0 Å². The molecule has 1 saturated heterocycles. The maximum absolute atomic E-state index is 6.74. The lowest BCUT2D eigenvalue weighted by Gasteiger charge is -2.32. The molecular weight excluding hydrogens is 625 g/mol. The predicted octanol–water partition coefficient (Wildman–Crippen LogP) is 11.8. The van der Waals surface area contributed by atoms with Crippen LogP contribution in [0.3, 0.4) is 0 Å². The second-order valence-electron chi connectivity index (χ2n) is 14.4. The lowest BCUT2D eigenvalue weighted by atomic mass is 9.79. The molecule has 1 aromatic heterocycles. The fourth-order valence-corrected chi connectivity index (χ4v) is 7.24. The van der Waals surface area contributed by atoms with Gasteiger partial charge < -0.3 is 18.6 Å². The van der Waals surface area contributed by atoms with E-state index in [1.807, 2.05) is 0 Å². The Morgan fingerprint density at radius 3 is 1.49 bits per heavy atom. The number of nitrogens with zero attached hydrogens (tertiary/aromatic N) is 1. The van der Waals surface area contributed by atoms with E-state index in [2.05, 4.69) is 190 Å². The van der Waals surface area contributed by atoms with Gasteiger partial charge in [-0.15, -0.1) is 0 Å². The lowest BCUT2D eigenvalue weighted by Crippen LogP contribution is -2.41. The summed E-state index contributed by atoms with van der Waals surface area (Å²) in [5.74, 6) is 0. The van der Waals surface area contributed by atoms with Crippen LogP contribution in [0.15, 0.2) is 162 Å². The highest BCUT2D eigenvalue weighted by atomic mass is 16.7. The van der Waals surface area contributed by atoms with Crippen molar-refractivity contribution in [2.75, 3.05) is 4.90 Å². The van der Waals surface area contributed by atoms with Crippen LogP contribution in [0, 0.1) is 0 Å². The van der Waals surface area contributed by atoms with Crippen LogP contribution in [0.25, 0.3) is 55.0 Å². The van der Waals surface area contributed by atoms with E-state index >= 15 is 0 Å². The van der Waals surface area contributed by atoms with E-state index in [0.29, 0.717) is 0 Å². The molecule has 1 aliphatic rings. The molecule has 0 bridgehead atoms. The molecule has 4 nitrogen and oxygen atoms in total. The van der Waals surface area contributed by atoms with Crippen LogP contribution in [0.4, 0.5) is 17.1 Å². The number of hydrogen-bond acceptors (Lipinski definition) is 4. The average molecular weight is 664 g/mol. The predicted molar refractivity (Wildman–Crippen MR) is 212 cm³/mol. The van der Waals surface area contributed by atoms with Crippen molar-refractivity contribution < 1.29 is 13.7 Å². The van der Waals surface area contributed by atoms with Crippen molar-refractivity contribution >= 4 is 62.4 Å². The molecule has 0 saturated carbocycles. The summed E-state index contributed by atoms with van der Waals surface area (Å²) in [6.07, 6.45) is 0. The van der Waals surface area contributed by atoms with E-state index in [-0.39, 0.29) is 0 Å². The first kappa shape index (κ1) is 31.4. The third kappa shape index (κ3) is 5.41. The highest BCUT2D eigenvalue weighted by Gasteiger charge is 2.51. The first-order valence-corrected chi connectivity index (χ1v) is 17.6. The van der Waals surface area contributed by atoms with Gasteiger partial charge in [0.15, 0.2) is 0 Å². The van der Waals surface area contributed by atoms with E-state index in [4.69, 9.17) is 13.7 Å². The third-order valence-corrected chi connectivity index (χ3v) is 10.7. The molecule has 5 heteroatoms. The van der Waals surface area contributed by atoms with Gasteiger partial charge in [0.2, 0.25) is 0 Å². The summed E-state index contributed by atoms with van der Waals surface area (Å²) in [7, 11) is -0.465. The van der Waals surface area contributed by atoms with Crippen molar-refractivity contribution in [1.29, 1.82) is 0 Å². The van der Waals surface area contributed by atoms with Crippen LogP contribution in [0.1, 0.15) is 27.7 Å². The second kappa shape index (κ2) is 12.0. The first-order valence-electron chi connectivity index (χ1n) is 17.6. The zero-order valence-electron chi connectivity index (χ0n) is 29.3. The Kier molecular flexibility index (Phi) is 7.39. The summed E-state index contributed by atoms with van der Waals surface area (Å²) in [4.78, 5) is 2.34. The SMILES string of the molecule is CC1(C)OB(c2ccc3c(c2)oc2cc(N(c4ccc(-c5ccccc5)cc4)c4ccc(-c5ccccc5)cc4)c4ccccc4c23)OC1(C)C. The number of fused-ring (bicyclic) bond motifs is 5. The van der Waals surface area contributed by atoms with Crippen molar-refractivity contribution in [3.05, 3.63) is 158 Å². The van der Waals surface area contributed by atoms with Gasteiger partial charge >= 0.3 is 7.12 Å². The van der Waals surface area contributed by atoms with Crippen molar-refractivity contribution in [3.63, 3.8) is 0 Å². The van der Waals surface area contributed by atoms with E-state index in [0.717, 1.165) is 55.2 Å².